The summed E-state index contributed by atoms with van der Waals surface area (Å²) in [5.74, 6) is -1.16. The molecule has 1 amide bonds. The standard InChI is InChI=1S/C12H19NO4/c1-12(5-2-6-17-12)11(16)13-9-4-3-8(7-9)10(14)15/h8-9H,2-7H2,1H3,(H,13,16)(H,14,15). The van der Waals surface area contributed by atoms with Crippen LogP contribution in [0.1, 0.15) is 39.0 Å². The zero-order chi connectivity index (χ0) is 12.5. The van der Waals surface area contributed by atoms with E-state index < -0.39 is 11.6 Å². The third-order valence-electron chi connectivity index (χ3n) is 3.82. The van der Waals surface area contributed by atoms with Gasteiger partial charge in [-0.05, 0) is 39.0 Å². The molecule has 2 N–H and O–H groups in total. The van der Waals surface area contributed by atoms with Gasteiger partial charge in [-0.1, -0.05) is 0 Å². The van der Waals surface area contributed by atoms with Crippen LogP contribution in [0, 0.1) is 5.92 Å². The van der Waals surface area contributed by atoms with Gasteiger partial charge in [0.15, 0.2) is 0 Å². The van der Waals surface area contributed by atoms with Gasteiger partial charge in [0, 0.05) is 12.6 Å². The van der Waals surface area contributed by atoms with E-state index in [1.165, 1.54) is 0 Å². The molecule has 2 aliphatic rings. The summed E-state index contributed by atoms with van der Waals surface area (Å²) in [5, 5.41) is 11.8. The molecule has 0 bridgehead atoms. The number of amides is 1. The number of ether oxygens (including phenoxy) is 1. The molecule has 0 radical (unpaired) electrons. The highest BCUT2D eigenvalue weighted by Crippen LogP contribution is 2.29. The lowest BCUT2D eigenvalue weighted by molar-refractivity contribution is -0.142. The fourth-order valence-electron chi connectivity index (χ4n) is 2.63. The number of hydrogen-bond donors (Lipinski definition) is 2. The van der Waals surface area contributed by atoms with Crippen LogP contribution in [0.25, 0.3) is 0 Å². The van der Waals surface area contributed by atoms with E-state index in [2.05, 4.69) is 5.32 Å². The fourth-order valence-corrected chi connectivity index (χ4v) is 2.63. The molecule has 0 aromatic rings. The van der Waals surface area contributed by atoms with Crippen molar-refractivity contribution in [3.05, 3.63) is 0 Å². The highest BCUT2D eigenvalue weighted by molar-refractivity contribution is 5.85. The highest BCUT2D eigenvalue weighted by Gasteiger charge is 2.40. The number of carboxylic acids is 1. The maximum atomic E-state index is 12.0. The van der Waals surface area contributed by atoms with Crippen molar-refractivity contribution in [2.24, 2.45) is 5.92 Å². The second-order valence-corrected chi connectivity index (χ2v) is 5.20. The number of rotatable bonds is 3. The first-order chi connectivity index (χ1) is 8.01. The Morgan fingerprint density at radius 2 is 2.18 bits per heavy atom. The maximum absolute atomic E-state index is 12.0. The van der Waals surface area contributed by atoms with Crippen LogP contribution in [0.5, 0.6) is 0 Å². The van der Waals surface area contributed by atoms with E-state index in [1.54, 1.807) is 6.92 Å². The summed E-state index contributed by atoms with van der Waals surface area (Å²) in [5.41, 5.74) is -0.707. The number of aliphatic carboxylic acids is 1. The van der Waals surface area contributed by atoms with Crippen molar-refractivity contribution >= 4 is 11.9 Å². The van der Waals surface area contributed by atoms with Crippen molar-refractivity contribution in [3.63, 3.8) is 0 Å². The summed E-state index contributed by atoms with van der Waals surface area (Å²) in [6.45, 7) is 2.44. The van der Waals surface area contributed by atoms with E-state index in [0.29, 0.717) is 19.4 Å². The molecule has 2 fully saturated rings. The van der Waals surface area contributed by atoms with Gasteiger partial charge in [-0.15, -0.1) is 0 Å². The van der Waals surface area contributed by atoms with Crippen molar-refractivity contribution in [1.29, 1.82) is 0 Å². The van der Waals surface area contributed by atoms with Gasteiger partial charge in [0.05, 0.1) is 5.92 Å². The molecule has 96 valence electrons. The van der Waals surface area contributed by atoms with Crippen LogP contribution in [0.3, 0.4) is 0 Å². The van der Waals surface area contributed by atoms with Crippen LogP contribution >= 0.6 is 0 Å². The Bertz CT molecular complexity index is 322. The molecule has 17 heavy (non-hydrogen) atoms. The van der Waals surface area contributed by atoms with Gasteiger partial charge in [0.1, 0.15) is 5.60 Å². The SMILES string of the molecule is CC1(C(=O)NC2CCC(C(=O)O)C2)CCCO1. The summed E-state index contributed by atoms with van der Waals surface area (Å²) < 4.78 is 5.46. The van der Waals surface area contributed by atoms with E-state index in [1.807, 2.05) is 0 Å². The first kappa shape index (κ1) is 12.4. The van der Waals surface area contributed by atoms with Crippen LogP contribution in [0.4, 0.5) is 0 Å². The fraction of sp³-hybridized carbons (Fsp3) is 0.833. The van der Waals surface area contributed by atoms with Crippen molar-refractivity contribution in [3.8, 4) is 0 Å². The average Bonchev–Trinajstić information content (AvgIpc) is 2.88. The smallest absolute Gasteiger partial charge is 0.306 e. The van der Waals surface area contributed by atoms with E-state index in [-0.39, 0.29) is 17.9 Å². The Morgan fingerprint density at radius 3 is 2.71 bits per heavy atom. The molecule has 1 heterocycles. The molecule has 1 aliphatic heterocycles. The minimum atomic E-state index is -0.759. The van der Waals surface area contributed by atoms with Crippen LogP contribution < -0.4 is 5.32 Å². The molecule has 3 atom stereocenters. The second-order valence-electron chi connectivity index (χ2n) is 5.20. The highest BCUT2D eigenvalue weighted by atomic mass is 16.5. The molecule has 0 aromatic carbocycles. The van der Waals surface area contributed by atoms with E-state index in [9.17, 15) is 9.59 Å². The Morgan fingerprint density at radius 1 is 1.41 bits per heavy atom. The van der Waals surface area contributed by atoms with Crippen LogP contribution in [0.15, 0.2) is 0 Å². The zero-order valence-electron chi connectivity index (χ0n) is 10.1. The van der Waals surface area contributed by atoms with Gasteiger partial charge in [-0.25, -0.2) is 0 Å². The molecule has 0 spiro atoms. The lowest BCUT2D eigenvalue weighted by atomic mass is 10.0. The number of carboxylic acid groups (broad SMARTS) is 1. The molecular weight excluding hydrogens is 222 g/mol. The number of nitrogens with one attached hydrogen (secondary N) is 1. The Hall–Kier alpha value is -1.10. The van der Waals surface area contributed by atoms with Crippen molar-refractivity contribution < 1.29 is 19.4 Å². The molecule has 0 aromatic heterocycles. The van der Waals surface area contributed by atoms with Gasteiger partial charge >= 0.3 is 5.97 Å². The van der Waals surface area contributed by atoms with Gasteiger partial charge in [0.25, 0.3) is 5.91 Å². The summed E-state index contributed by atoms with van der Waals surface area (Å²) in [6, 6.07) is -0.00961. The zero-order valence-corrected chi connectivity index (χ0v) is 10.1. The van der Waals surface area contributed by atoms with Crippen molar-refractivity contribution in [2.45, 2.75) is 50.7 Å². The van der Waals surface area contributed by atoms with Crippen molar-refractivity contribution in [1.82, 2.24) is 5.32 Å². The summed E-state index contributed by atoms with van der Waals surface area (Å²) in [6.07, 6.45) is 3.59. The van der Waals surface area contributed by atoms with E-state index in [0.717, 1.165) is 19.3 Å². The minimum Gasteiger partial charge on any atom is -0.481 e. The first-order valence-corrected chi connectivity index (χ1v) is 6.19. The minimum absolute atomic E-state index is 0.00961. The number of carbonyl (C=O) groups is 2. The van der Waals surface area contributed by atoms with Gasteiger partial charge in [-0.3, -0.25) is 9.59 Å². The predicted molar refractivity (Wildman–Crippen MR) is 60.5 cm³/mol. The molecule has 1 saturated carbocycles. The lowest BCUT2D eigenvalue weighted by Gasteiger charge is -2.24. The number of hydrogen-bond acceptors (Lipinski definition) is 3. The number of carbonyl (C=O) groups excluding carboxylic acids is 1. The summed E-state index contributed by atoms with van der Waals surface area (Å²) in [4.78, 5) is 22.8. The topological polar surface area (TPSA) is 75.6 Å². The van der Waals surface area contributed by atoms with Crippen LogP contribution in [-0.4, -0.2) is 35.2 Å². The lowest BCUT2D eigenvalue weighted by Crippen LogP contribution is -2.47. The van der Waals surface area contributed by atoms with Crippen molar-refractivity contribution in [2.75, 3.05) is 6.61 Å². The second kappa shape index (κ2) is 4.64. The Kier molecular flexibility index (Phi) is 3.38. The average molecular weight is 241 g/mol. The van der Waals surface area contributed by atoms with Gasteiger partial charge in [0.2, 0.25) is 0 Å². The molecule has 3 unspecified atom stereocenters. The molecule has 5 heteroatoms. The van der Waals surface area contributed by atoms with E-state index >= 15 is 0 Å². The van der Waals surface area contributed by atoms with E-state index in [4.69, 9.17) is 9.84 Å². The van der Waals surface area contributed by atoms with Gasteiger partial charge < -0.3 is 15.2 Å². The quantitative estimate of drug-likeness (QED) is 0.770. The predicted octanol–water partition coefficient (Wildman–Crippen LogP) is 0.925. The Labute approximate surface area is 101 Å². The molecular formula is C12H19NO4. The monoisotopic (exact) mass is 241 g/mol. The first-order valence-electron chi connectivity index (χ1n) is 6.19. The largest absolute Gasteiger partial charge is 0.481 e. The molecule has 5 nitrogen and oxygen atoms in total. The van der Waals surface area contributed by atoms with Gasteiger partial charge in [-0.2, -0.15) is 0 Å². The third-order valence-corrected chi connectivity index (χ3v) is 3.82. The summed E-state index contributed by atoms with van der Waals surface area (Å²) in [7, 11) is 0. The normalized spacial score (nSPS) is 37.0. The molecule has 1 aliphatic carbocycles. The van der Waals surface area contributed by atoms with Crippen LogP contribution in [0.2, 0.25) is 0 Å². The maximum Gasteiger partial charge on any atom is 0.306 e. The molecule has 1 saturated heterocycles. The summed E-state index contributed by atoms with van der Waals surface area (Å²) >= 11 is 0. The molecule has 2 rings (SSSR count). The van der Waals surface area contributed by atoms with Crippen LogP contribution in [-0.2, 0) is 14.3 Å². The third kappa shape index (κ3) is 2.60. The Balaban J connectivity index is 1.86.